The summed E-state index contributed by atoms with van der Waals surface area (Å²) in [5.41, 5.74) is 3.03. The summed E-state index contributed by atoms with van der Waals surface area (Å²) in [7, 11) is 1.43. The molecule has 2 aliphatic rings. The summed E-state index contributed by atoms with van der Waals surface area (Å²) < 4.78 is 1.14. The Labute approximate surface area is 161 Å². The van der Waals surface area contributed by atoms with Crippen molar-refractivity contribution in [1.82, 2.24) is 19.4 Å². The van der Waals surface area contributed by atoms with Crippen LogP contribution in [-0.4, -0.2) is 74.0 Å². The Morgan fingerprint density at radius 3 is 2.29 bits per heavy atom. The number of hydrogen-bond acceptors (Lipinski definition) is 7. The Hall–Kier alpha value is -3.11. The highest BCUT2D eigenvalue weighted by molar-refractivity contribution is 6.07. The van der Waals surface area contributed by atoms with Crippen molar-refractivity contribution in [1.29, 1.82) is 0 Å². The van der Waals surface area contributed by atoms with Crippen LogP contribution in [0.4, 0.5) is 10.7 Å². The normalized spacial score (nSPS) is 19.0. The third-order valence-corrected chi connectivity index (χ3v) is 5.60. The molecule has 3 N–H and O–H groups in total. The lowest BCUT2D eigenvalue weighted by Gasteiger charge is -2.42. The molecule has 152 valence electrons. The number of imide groups is 1. The summed E-state index contributed by atoms with van der Waals surface area (Å²) in [6.07, 6.45) is 0.731. The van der Waals surface area contributed by atoms with Crippen molar-refractivity contribution >= 4 is 23.8 Å². The van der Waals surface area contributed by atoms with Crippen LogP contribution >= 0.6 is 0 Å². The Morgan fingerprint density at radius 1 is 1.18 bits per heavy atom. The van der Waals surface area contributed by atoms with Gasteiger partial charge in [0.1, 0.15) is 5.54 Å². The van der Waals surface area contributed by atoms with E-state index in [9.17, 15) is 24.3 Å². The third kappa shape index (κ3) is 2.60. The van der Waals surface area contributed by atoms with E-state index in [-0.39, 0.29) is 17.9 Å². The molecule has 3 rings (SSSR count). The fraction of sp³-hybridized carbons (Fsp3) is 0.588. The number of aromatic hydroxyl groups is 1. The van der Waals surface area contributed by atoms with Crippen molar-refractivity contribution in [3.8, 4) is 5.75 Å². The van der Waals surface area contributed by atoms with Gasteiger partial charge in [-0.1, -0.05) is 0 Å². The first-order chi connectivity index (χ1) is 13.2. The number of nitrogens with zero attached hydrogens (tertiary/aromatic N) is 5. The minimum atomic E-state index is -1.00. The molecule has 0 aromatic carbocycles. The molecular weight excluding hydrogens is 368 g/mol. The number of carbonyl (C=O) groups is 3. The smallest absolute Gasteiger partial charge is 0.327 e. The van der Waals surface area contributed by atoms with Gasteiger partial charge in [-0.2, -0.15) is 0 Å². The number of likely N-dealkylation sites (N-methyl/N-ethyl adjacent to an activating group) is 2. The number of aromatic nitrogens is 2. The molecule has 0 atom stereocenters. The van der Waals surface area contributed by atoms with E-state index in [2.05, 4.69) is 4.98 Å². The lowest BCUT2D eigenvalue weighted by molar-refractivity contribution is -0.134. The highest BCUT2D eigenvalue weighted by Crippen LogP contribution is 2.37. The largest absolute Gasteiger partial charge is 0.501 e. The van der Waals surface area contributed by atoms with Gasteiger partial charge in [0.2, 0.25) is 11.7 Å². The zero-order valence-electron chi connectivity index (χ0n) is 16.1. The van der Waals surface area contributed by atoms with E-state index in [0.29, 0.717) is 39.0 Å². The quantitative estimate of drug-likeness (QED) is 0.641. The Morgan fingerprint density at radius 2 is 1.79 bits per heavy atom. The molecule has 1 aromatic rings. The molecule has 0 unspecified atom stereocenters. The Kier molecular flexibility index (Phi) is 4.77. The molecule has 4 amide bonds. The van der Waals surface area contributed by atoms with Crippen LogP contribution in [0.5, 0.6) is 5.75 Å². The van der Waals surface area contributed by atoms with Crippen molar-refractivity contribution in [3.05, 3.63) is 16.0 Å². The van der Waals surface area contributed by atoms with E-state index in [1.54, 1.807) is 16.7 Å². The molecule has 2 fully saturated rings. The third-order valence-electron chi connectivity index (χ3n) is 5.60. The molecule has 11 heteroatoms. The maximum Gasteiger partial charge on any atom is 0.327 e. The fourth-order valence-electron chi connectivity index (χ4n) is 4.09. The molecule has 2 saturated heterocycles. The fourth-order valence-corrected chi connectivity index (χ4v) is 4.09. The first kappa shape index (κ1) is 19.6. The Bertz CT molecular complexity index is 902. The van der Waals surface area contributed by atoms with Gasteiger partial charge in [-0.15, -0.1) is 0 Å². The van der Waals surface area contributed by atoms with Crippen LogP contribution in [0.25, 0.3) is 0 Å². The minimum absolute atomic E-state index is 0.179. The number of carbonyl (C=O) groups excluding carboxylic acids is 3. The number of amides is 4. The van der Waals surface area contributed by atoms with Crippen LogP contribution in [0.15, 0.2) is 4.79 Å². The predicted molar refractivity (Wildman–Crippen MR) is 99.0 cm³/mol. The monoisotopic (exact) mass is 392 g/mol. The number of anilines is 1. The van der Waals surface area contributed by atoms with Crippen LogP contribution in [0.3, 0.4) is 0 Å². The van der Waals surface area contributed by atoms with Crippen LogP contribution in [0.2, 0.25) is 0 Å². The van der Waals surface area contributed by atoms with Crippen LogP contribution in [-0.2, 0) is 11.8 Å². The van der Waals surface area contributed by atoms with Crippen LogP contribution in [0, 0.1) is 0 Å². The zero-order chi connectivity index (χ0) is 20.8. The van der Waals surface area contributed by atoms with Crippen molar-refractivity contribution < 1.29 is 19.5 Å². The standard InChI is InChI=1S/C17H24N6O5/c1-4-22-14(27)17(23(5-2)16(22)28)6-8-21(9-7-17)15-19-10(12(18)25)11(24)13(26)20(15)3/h24H,4-9H2,1-3H3,(H2,18,25). The average molecular weight is 392 g/mol. The Balaban J connectivity index is 1.93. The molecule has 2 aliphatic heterocycles. The van der Waals surface area contributed by atoms with Gasteiger partial charge in [-0.3, -0.25) is 23.9 Å². The van der Waals surface area contributed by atoms with E-state index in [1.165, 1.54) is 11.9 Å². The van der Waals surface area contributed by atoms with Crippen molar-refractivity contribution in [3.63, 3.8) is 0 Å². The second-order valence-corrected chi connectivity index (χ2v) is 6.93. The molecule has 28 heavy (non-hydrogen) atoms. The number of primary amides is 1. The maximum atomic E-state index is 12.9. The number of urea groups is 1. The first-order valence-electron chi connectivity index (χ1n) is 9.17. The molecule has 11 nitrogen and oxygen atoms in total. The van der Waals surface area contributed by atoms with Gasteiger partial charge in [0.05, 0.1) is 0 Å². The molecule has 3 heterocycles. The lowest BCUT2D eigenvalue weighted by atomic mass is 9.86. The van der Waals surface area contributed by atoms with E-state index in [0.717, 1.165) is 4.57 Å². The summed E-state index contributed by atoms with van der Waals surface area (Å²) in [5, 5.41) is 9.82. The molecule has 0 radical (unpaired) electrons. The van der Waals surface area contributed by atoms with E-state index in [4.69, 9.17) is 5.73 Å². The average Bonchev–Trinajstić information content (AvgIpc) is 2.86. The highest BCUT2D eigenvalue weighted by Gasteiger charge is 2.57. The summed E-state index contributed by atoms with van der Waals surface area (Å²) in [6.45, 7) is 5.02. The minimum Gasteiger partial charge on any atom is -0.501 e. The molecule has 1 aromatic heterocycles. The van der Waals surface area contributed by atoms with Crippen LogP contribution < -0.4 is 16.2 Å². The van der Waals surface area contributed by atoms with Crippen LogP contribution in [0.1, 0.15) is 37.2 Å². The molecule has 0 aliphatic carbocycles. The topological polar surface area (TPSA) is 142 Å². The van der Waals surface area contributed by atoms with E-state index in [1.807, 2.05) is 6.92 Å². The molecule has 0 saturated carbocycles. The summed E-state index contributed by atoms with van der Waals surface area (Å²) in [6, 6.07) is -0.283. The second-order valence-electron chi connectivity index (χ2n) is 6.93. The van der Waals surface area contributed by atoms with Gasteiger partial charge in [-0.25, -0.2) is 9.78 Å². The number of hydrogen-bond donors (Lipinski definition) is 2. The SMILES string of the molecule is CCN1C(=O)N(CC)C2(CCN(c3nc(C(N)=O)c(O)c(=O)n3C)CC2)C1=O. The molecular formula is C17H24N6O5. The number of rotatable bonds is 4. The second kappa shape index (κ2) is 6.80. The van der Waals surface area contributed by atoms with Gasteiger partial charge >= 0.3 is 6.03 Å². The number of piperidine rings is 1. The molecule has 1 spiro atoms. The highest BCUT2D eigenvalue weighted by atomic mass is 16.3. The summed E-state index contributed by atoms with van der Waals surface area (Å²) in [5.74, 6) is -1.82. The zero-order valence-corrected chi connectivity index (χ0v) is 16.1. The predicted octanol–water partition coefficient (Wildman–Crippen LogP) is -0.772. The van der Waals surface area contributed by atoms with Crippen molar-refractivity contribution in [2.45, 2.75) is 32.2 Å². The van der Waals surface area contributed by atoms with Gasteiger partial charge in [-0.05, 0) is 26.7 Å². The summed E-state index contributed by atoms with van der Waals surface area (Å²) >= 11 is 0. The van der Waals surface area contributed by atoms with Gasteiger partial charge in [0.25, 0.3) is 17.4 Å². The first-order valence-corrected chi connectivity index (χ1v) is 9.17. The summed E-state index contributed by atoms with van der Waals surface area (Å²) in [4.78, 5) is 57.8. The van der Waals surface area contributed by atoms with Crippen molar-refractivity contribution in [2.75, 3.05) is 31.1 Å². The van der Waals surface area contributed by atoms with Crippen molar-refractivity contribution in [2.24, 2.45) is 12.8 Å². The number of nitrogens with two attached hydrogens (primary N) is 1. The molecule has 0 bridgehead atoms. The van der Waals surface area contributed by atoms with Gasteiger partial charge in [0, 0.05) is 33.2 Å². The van der Waals surface area contributed by atoms with Gasteiger partial charge in [0.15, 0.2) is 5.69 Å². The van der Waals surface area contributed by atoms with Gasteiger partial charge < -0.3 is 20.6 Å². The maximum absolute atomic E-state index is 12.9. The van der Waals surface area contributed by atoms with E-state index >= 15 is 0 Å². The lowest BCUT2D eigenvalue weighted by Crippen LogP contribution is -2.57. The van der Waals surface area contributed by atoms with E-state index < -0.39 is 28.4 Å².